The molecule has 0 fully saturated rings. The highest BCUT2D eigenvalue weighted by atomic mass is 35.5. The molecule has 0 aliphatic rings. The molecule has 0 amide bonds. The van der Waals surface area contributed by atoms with E-state index in [9.17, 15) is 0 Å². The zero-order valence-corrected chi connectivity index (χ0v) is 12.6. The molecule has 0 aliphatic carbocycles. The second-order valence-electron chi connectivity index (χ2n) is 4.74. The second-order valence-corrected chi connectivity index (χ2v) is 5.10. The predicted molar refractivity (Wildman–Crippen MR) is 78.2 cm³/mol. The van der Waals surface area contributed by atoms with Gasteiger partial charge in [-0.05, 0) is 46.2 Å². The van der Waals surface area contributed by atoms with Crippen LogP contribution in [0.2, 0.25) is 5.15 Å². The Kier molecular flexibility index (Phi) is 6.44. The van der Waals surface area contributed by atoms with E-state index in [1.165, 1.54) is 12.0 Å². The lowest BCUT2D eigenvalue weighted by Gasteiger charge is -2.03. The fourth-order valence-corrected chi connectivity index (χ4v) is 2.19. The van der Waals surface area contributed by atoms with E-state index < -0.39 is 0 Å². The van der Waals surface area contributed by atoms with Gasteiger partial charge in [-0.25, -0.2) is 0 Å². The lowest BCUT2D eigenvalue weighted by atomic mass is 10.1. The van der Waals surface area contributed by atoms with Crippen LogP contribution in [0.25, 0.3) is 0 Å². The van der Waals surface area contributed by atoms with Crippen molar-refractivity contribution in [2.45, 2.75) is 40.0 Å². The Bertz CT molecular complexity index is 407. The first-order valence-electron chi connectivity index (χ1n) is 6.60. The van der Waals surface area contributed by atoms with Crippen molar-refractivity contribution in [2.24, 2.45) is 7.05 Å². The third-order valence-corrected chi connectivity index (χ3v) is 3.44. The van der Waals surface area contributed by atoms with Gasteiger partial charge in [0.2, 0.25) is 0 Å². The molecule has 1 N–H and O–H groups in total. The van der Waals surface area contributed by atoms with Gasteiger partial charge in [-0.3, -0.25) is 4.68 Å². The average Bonchev–Trinajstić information content (AvgIpc) is 2.56. The summed E-state index contributed by atoms with van der Waals surface area (Å²) in [5, 5.41) is 8.48. The van der Waals surface area contributed by atoms with Crippen LogP contribution < -0.4 is 5.32 Å². The Morgan fingerprint density at radius 3 is 2.72 bits per heavy atom. The van der Waals surface area contributed by atoms with Crippen LogP contribution in [0.4, 0.5) is 0 Å². The Morgan fingerprint density at radius 1 is 1.44 bits per heavy atom. The fraction of sp³-hybridized carbons (Fsp3) is 0.643. The van der Waals surface area contributed by atoms with Gasteiger partial charge in [0.1, 0.15) is 5.15 Å². The molecule has 0 aliphatic heterocycles. The van der Waals surface area contributed by atoms with Gasteiger partial charge in [-0.15, -0.1) is 0 Å². The van der Waals surface area contributed by atoms with E-state index in [-0.39, 0.29) is 0 Å². The van der Waals surface area contributed by atoms with Crippen molar-refractivity contribution in [3.63, 3.8) is 0 Å². The maximum atomic E-state index is 6.22. The van der Waals surface area contributed by atoms with Crippen molar-refractivity contribution in [1.29, 1.82) is 0 Å². The van der Waals surface area contributed by atoms with Crippen LogP contribution in [-0.2, 0) is 13.5 Å². The van der Waals surface area contributed by atoms with E-state index in [4.69, 9.17) is 11.6 Å². The highest BCUT2D eigenvalue weighted by Gasteiger charge is 2.10. The standard InChI is InChI=1S/C14H24ClN3/c1-5-8-16-9-6-7-11(2)10-13-12(3)17-18(4)14(13)15/h7,16H,5-6,8-10H2,1-4H3/b11-7-. The summed E-state index contributed by atoms with van der Waals surface area (Å²) in [5.41, 5.74) is 3.53. The summed E-state index contributed by atoms with van der Waals surface area (Å²) in [7, 11) is 1.88. The molecule has 0 radical (unpaired) electrons. The van der Waals surface area contributed by atoms with E-state index in [2.05, 4.69) is 30.3 Å². The molecule has 18 heavy (non-hydrogen) atoms. The summed E-state index contributed by atoms with van der Waals surface area (Å²) in [5.74, 6) is 0. The molecule has 0 bridgehead atoms. The average molecular weight is 270 g/mol. The molecule has 1 aromatic heterocycles. The Hall–Kier alpha value is -0.800. The van der Waals surface area contributed by atoms with Crippen LogP contribution >= 0.6 is 11.6 Å². The van der Waals surface area contributed by atoms with Gasteiger partial charge in [0.05, 0.1) is 5.69 Å². The Balaban J connectivity index is 2.48. The molecule has 0 aromatic carbocycles. The van der Waals surface area contributed by atoms with Crippen LogP contribution in [0.15, 0.2) is 11.6 Å². The van der Waals surface area contributed by atoms with Crippen molar-refractivity contribution in [3.05, 3.63) is 28.1 Å². The normalized spacial score (nSPS) is 12.2. The minimum atomic E-state index is 0.754. The number of rotatable bonds is 7. The molecule has 1 aromatic rings. The Morgan fingerprint density at radius 2 is 2.17 bits per heavy atom. The minimum absolute atomic E-state index is 0.754. The summed E-state index contributed by atoms with van der Waals surface area (Å²) in [6.45, 7) is 8.49. The van der Waals surface area contributed by atoms with E-state index in [1.54, 1.807) is 4.68 Å². The van der Waals surface area contributed by atoms with Crippen molar-refractivity contribution < 1.29 is 0 Å². The first kappa shape index (κ1) is 15.3. The van der Waals surface area contributed by atoms with Gasteiger partial charge >= 0.3 is 0 Å². The third-order valence-electron chi connectivity index (χ3n) is 2.97. The summed E-state index contributed by atoms with van der Waals surface area (Å²) < 4.78 is 1.74. The summed E-state index contributed by atoms with van der Waals surface area (Å²) in [4.78, 5) is 0. The SMILES string of the molecule is CCCNCC/C=C(/C)Cc1c(C)nn(C)c1Cl. The number of allylic oxidation sites excluding steroid dienone is 1. The van der Waals surface area contributed by atoms with Crippen LogP contribution in [-0.4, -0.2) is 22.9 Å². The second kappa shape index (κ2) is 7.59. The van der Waals surface area contributed by atoms with Crippen molar-refractivity contribution in [2.75, 3.05) is 13.1 Å². The highest BCUT2D eigenvalue weighted by molar-refractivity contribution is 6.30. The molecule has 1 heterocycles. The molecular weight excluding hydrogens is 246 g/mol. The highest BCUT2D eigenvalue weighted by Crippen LogP contribution is 2.21. The van der Waals surface area contributed by atoms with Gasteiger partial charge in [-0.1, -0.05) is 30.2 Å². The van der Waals surface area contributed by atoms with E-state index >= 15 is 0 Å². The van der Waals surface area contributed by atoms with E-state index in [0.29, 0.717) is 0 Å². The van der Waals surface area contributed by atoms with Crippen molar-refractivity contribution in [3.8, 4) is 0 Å². The summed E-state index contributed by atoms with van der Waals surface area (Å²) in [6.07, 6.45) is 5.44. The molecule has 4 heteroatoms. The quantitative estimate of drug-likeness (QED) is 0.608. The molecule has 0 spiro atoms. The van der Waals surface area contributed by atoms with Crippen molar-refractivity contribution in [1.82, 2.24) is 15.1 Å². The number of aryl methyl sites for hydroxylation is 2. The maximum absolute atomic E-state index is 6.22. The number of halogens is 1. The predicted octanol–water partition coefficient (Wildman–Crippen LogP) is 3.26. The van der Waals surface area contributed by atoms with Crippen LogP contribution in [0.1, 0.15) is 37.9 Å². The number of aromatic nitrogens is 2. The van der Waals surface area contributed by atoms with Crippen LogP contribution in [0.5, 0.6) is 0 Å². The molecule has 1 rings (SSSR count). The van der Waals surface area contributed by atoms with E-state index in [1.807, 2.05) is 14.0 Å². The van der Waals surface area contributed by atoms with Gasteiger partial charge in [0, 0.05) is 12.6 Å². The van der Waals surface area contributed by atoms with Gasteiger partial charge in [0.15, 0.2) is 0 Å². The van der Waals surface area contributed by atoms with Crippen LogP contribution in [0.3, 0.4) is 0 Å². The first-order chi connectivity index (χ1) is 8.56. The van der Waals surface area contributed by atoms with E-state index in [0.717, 1.165) is 42.3 Å². The number of hydrogen-bond donors (Lipinski definition) is 1. The molecule has 0 atom stereocenters. The zero-order chi connectivity index (χ0) is 13.5. The molecule has 0 unspecified atom stereocenters. The monoisotopic (exact) mass is 269 g/mol. The molecule has 0 saturated carbocycles. The van der Waals surface area contributed by atoms with Crippen LogP contribution in [0, 0.1) is 6.92 Å². The minimum Gasteiger partial charge on any atom is -0.316 e. The lowest BCUT2D eigenvalue weighted by Crippen LogP contribution is -2.15. The van der Waals surface area contributed by atoms with Gasteiger partial charge < -0.3 is 5.32 Å². The lowest BCUT2D eigenvalue weighted by molar-refractivity contribution is 0.677. The topological polar surface area (TPSA) is 29.9 Å². The maximum Gasteiger partial charge on any atom is 0.130 e. The fourth-order valence-electron chi connectivity index (χ4n) is 1.95. The molecule has 0 saturated heterocycles. The number of nitrogens with one attached hydrogen (secondary N) is 1. The van der Waals surface area contributed by atoms with Crippen molar-refractivity contribution >= 4 is 11.6 Å². The van der Waals surface area contributed by atoms with Gasteiger partial charge in [0.25, 0.3) is 0 Å². The summed E-state index contributed by atoms with van der Waals surface area (Å²) >= 11 is 6.22. The molecule has 3 nitrogen and oxygen atoms in total. The number of nitrogens with zero attached hydrogens (tertiary/aromatic N) is 2. The Labute approximate surface area is 115 Å². The number of hydrogen-bond acceptors (Lipinski definition) is 2. The summed E-state index contributed by atoms with van der Waals surface area (Å²) in [6, 6.07) is 0. The molecule has 102 valence electrons. The molecular formula is C14H24ClN3. The largest absolute Gasteiger partial charge is 0.316 e. The third kappa shape index (κ3) is 4.46. The smallest absolute Gasteiger partial charge is 0.130 e. The van der Waals surface area contributed by atoms with Gasteiger partial charge in [-0.2, -0.15) is 5.10 Å². The zero-order valence-electron chi connectivity index (χ0n) is 11.9. The first-order valence-corrected chi connectivity index (χ1v) is 6.98.